The van der Waals surface area contributed by atoms with Gasteiger partial charge in [-0.05, 0) is 15.9 Å². The molecule has 0 saturated carbocycles. The van der Waals surface area contributed by atoms with E-state index in [9.17, 15) is 0 Å². The summed E-state index contributed by atoms with van der Waals surface area (Å²) in [6.45, 7) is 8.72. The third-order valence-electron chi connectivity index (χ3n) is 1.87. The second kappa shape index (κ2) is 6.27. The Morgan fingerprint density at radius 2 is 2.06 bits per heavy atom. The molecule has 0 saturated heterocycles. The van der Waals surface area contributed by atoms with Crippen LogP contribution < -0.4 is 9.64 Å². The van der Waals surface area contributed by atoms with Crippen molar-refractivity contribution in [1.82, 2.24) is 9.97 Å². The number of nitrogens with zero attached hydrogens (tertiary/aromatic N) is 3. The van der Waals surface area contributed by atoms with Gasteiger partial charge >= 0.3 is 0 Å². The molecule has 0 bridgehead atoms. The Labute approximate surface area is 104 Å². The Morgan fingerprint density at radius 1 is 1.44 bits per heavy atom. The topological polar surface area (TPSA) is 38.2 Å². The SMILES string of the molecule is C=CCN(CC=C)c1ncc(Br)c(OC)n1. The molecule has 1 aromatic heterocycles. The highest BCUT2D eigenvalue weighted by atomic mass is 79.9. The minimum atomic E-state index is 0.517. The molecular weight excluding hydrogens is 270 g/mol. The number of methoxy groups -OCH3 is 1. The van der Waals surface area contributed by atoms with E-state index in [0.29, 0.717) is 24.9 Å². The highest BCUT2D eigenvalue weighted by molar-refractivity contribution is 9.10. The molecule has 0 amide bonds. The molecule has 0 spiro atoms. The third kappa shape index (κ3) is 3.06. The molecule has 0 aliphatic heterocycles. The van der Waals surface area contributed by atoms with Gasteiger partial charge in [0.1, 0.15) is 0 Å². The number of rotatable bonds is 6. The van der Waals surface area contributed by atoms with Crippen molar-refractivity contribution in [2.24, 2.45) is 0 Å². The summed E-state index contributed by atoms with van der Waals surface area (Å²) in [4.78, 5) is 10.4. The summed E-state index contributed by atoms with van der Waals surface area (Å²) in [5.41, 5.74) is 0. The van der Waals surface area contributed by atoms with Crippen LogP contribution in [-0.4, -0.2) is 30.2 Å². The van der Waals surface area contributed by atoms with Crippen LogP contribution in [0, 0.1) is 0 Å². The molecule has 0 unspecified atom stereocenters. The zero-order valence-electron chi connectivity index (χ0n) is 9.19. The van der Waals surface area contributed by atoms with Gasteiger partial charge in [0.15, 0.2) is 0 Å². The monoisotopic (exact) mass is 283 g/mol. The fourth-order valence-electron chi connectivity index (χ4n) is 1.19. The number of aromatic nitrogens is 2. The van der Waals surface area contributed by atoms with Crippen molar-refractivity contribution in [3.8, 4) is 5.88 Å². The largest absolute Gasteiger partial charge is 0.480 e. The summed E-state index contributed by atoms with van der Waals surface area (Å²) >= 11 is 3.31. The van der Waals surface area contributed by atoms with Gasteiger partial charge in [-0.2, -0.15) is 4.98 Å². The lowest BCUT2D eigenvalue weighted by Crippen LogP contribution is -2.25. The first kappa shape index (κ1) is 12.7. The summed E-state index contributed by atoms with van der Waals surface area (Å²) in [6.07, 6.45) is 5.25. The van der Waals surface area contributed by atoms with Gasteiger partial charge < -0.3 is 9.64 Å². The average Bonchev–Trinajstić information content (AvgIpc) is 2.29. The van der Waals surface area contributed by atoms with E-state index in [1.165, 1.54) is 0 Å². The molecule has 0 radical (unpaired) electrons. The molecule has 0 fully saturated rings. The lowest BCUT2D eigenvalue weighted by molar-refractivity contribution is 0.394. The normalized spacial score (nSPS) is 9.62. The molecule has 0 aliphatic rings. The fraction of sp³-hybridized carbons (Fsp3) is 0.273. The molecule has 5 heteroatoms. The van der Waals surface area contributed by atoms with E-state index in [1.807, 2.05) is 4.90 Å². The summed E-state index contributed by atoms with van der Waals surface area (Å²) < 4.78 is 5.85. The Hall–Kier alpha value is -1.36. The van der Waals surface area contributed by atoms with Crippen LogP contribution in [0.1, 0.15) is 0 Å². The molecule has 4 nitrogen and oxygen atoms in total. The summed E-state index contributed by atoms with van der Waals surface area (Å²) in [6, 6.07) is 0. The molecule has 86 valence electrons. The second-order valence-corrected chi connectivity index (χ2v) is 3.86. The molecular formula is C11H14BrN3O. The molecule has 0 aliphatic carbocycles. The van der Waals surface area contributed by atoms with Gasteiger partial charge in [-0.1, -0.05) is 12.2 Å². The van der Waals surface area contributed by atoms with Crippen molar-refractivity contribution >= 4 is 21.9 Å². The van der Waals surface area contributed by atoms with Crippen LogP contribution in [0.25, 0.3) is 0 Å². The van der Waals surface area contributed by atoms with E-state index < -0.39 is 0 Å². The van der Waals surface area contributed by atoms with Crippen LogP contribution in [0.3, 0.4) is 0 Å². The molecule has 0 N–H and O–H groups in total. The lowest BCUT2D eigenvalue weighted by atomic mass is 10.4. The lowest BCUT2D eigenvalue weighted by Gasteiger charge is -2.19. The van der Waals surface area contributed by atoms with Crippen LogP contribution in [0.15, 0.2) is 36.0 Å². The maximum absolute atomic E-state index is 5.12. The van der Waals surface area contributed by atoms with Crippen LogP contribution in [-0.2, 0) is 0 Å². The van der Waals surface area contributed by atoms with E-state index in [1.54, 1.807) is 25.5 Å². The van der Waals surface area contributed by atoms with Crippen molar-refractivity contribution in [2.75, 3.05) is 25.1 Å². The van der Waals surface area contributed by atoms with Crippen molar-refractivity contribution < 1.29 is 4.74 Å². The first-order valence-corrected chi connectivity index (χ1v) is 5.55. The van der Waals surface area contributed by atoms with Crippen LogP contribution in [0.4, 0.5) is 5.95 Å². The number of hydrogen-bond acceptors (Lipinski definition) is 4. The van der Waals surface area contributed by atoms with Crippen molar-refractivity contribution in [2.45, 2.75) is 0 Å². The van der Waals surface area contributed by atoms with Gasteiger partial charge in [-0.3, -0.25) is 0 Å². The number of ether oxygens (including phenoxy) is 1. The van der Waals surface area contributed by atoms with E-state index in [-0.39, 0.29) is 0 Å². The fourth-order valence-corrected chi connectivity index (χ4v) is 1.54. The zero-order chi connectivity index (χ0) is 12.0. The quantitative estimate of drug-likeness (QED) is 0.752. The third-order valence-corrected chi connectivity index (χ3v) is 2.42. The summed E-state index contributed by atoms with van der Waals surface area (Å²) in [7, 11) is 1.57. The van der Waals surface area contributed by atoms with Crippen LogP contribution >= 0.6 is 15.9 Å². The predicted molar refractivity (Wildman–Crippen MR) is 68.9 cm³/mol. The van der Waals surface area contributed by atoms with Gasteiger partial charge in [-0.15, -0.1) is 13.2 Å². The van der Waals surface area contributed by atoms with E-state index in [2.05, 4.69) is 39.1 Å². The van der Waals surface area contributed by atoms with E-state index in [4.69, 9.17) is 4.74 Å². The van der Waals surface area contributed by atoms with Gasteiger partial charge in [-0.25, -0.2) is 4.98 Å². The molecule has 1 aromatic rings. The predicted octanol–water partition coefficient (Wildman–Crippen LogP) is 2.43. The molecule has 16 heavy (non-hydrogen) atoms. The maximum Gasteiger partial charge on any atom is 0.232 e. The molecule has 1 heterocycles. The maximum atomic E-state index is 5.12. The first-order valence-electron chi connectivity index (χ1n) is 4.76. The number of halogens is 1. The van der Waals surface area contributed by atoms with Crippen molar-refractivity contribution in [3.63, 3.8) is 0 Å². The molecule has 0 atom stereocenters. The minimum absolute atomic E-state index is 0.517. The Morgan fingerprint density at radius 3 is 2.56 bits per heavy atom. The highest BCUT2D eigenvalue weighted by Gasteiger charge is 2.10. The van der Waals surface area contributed by atoms with Gasteiger partial charge in [0.2, 0.25) is 11.8 Å². The summed E-state index contributed by atoms with van der Waals surface area (Å²) in [5, 5.41) is 0. The summed E-state index contributed by atoms with van der Waals surface area (Å²) in [5.74, 6) is 1.11. The first-order chi connectivity index (χ1) is 7.72. The Balaban J connectivity index is 2.99. The van der Waals surface area contributed by atoms with Gasteiger partial charge in [0.05, 0.1) is 17.8 Å². The number of anilines is 1. The highest BCUT2D eigenvalue weighted by Crippen LogP contribution is 2.23. The zero-order valence-corrected chi connectivity index (χ0v) is 10.8. The molecule has 1 rings (SSSR count). The van der Waals surface area contributed by atoms with Crippen molar-refractivity contribution in [3.05, 3.63) is 36.0 Å². The van der Waals surface area contributed by atoms with Gasteiger partial charge in [0, 0.05) is 13.1 Å². The smallest absolute Gasteiger partial charge is 0.232 e. The van der Waals surface area contributed by atoms with E-state index in [0.717, 1.165) is 4.47 Å². The number of hydrogen-bond donors (Lipinski definition) is 0. The van der Waals surface area contributed by atoms with E-state index >= 15 is 0 Å². The second-order valence-electron chi connectivity index (χ2n) is 3.01. The Kier molecular flexibility index (Phi) is 4.98. The standard InChI is InChI=1S/C11H14BrN3O/c1-4-6-15(7-5-2)11-13-8-9(12)10(14-11)16-3/h4-5,8H,1-2,6-7H2,3H3. The minimum Gasteiger partial charge on any atom is -0.480 e. The molecule has 0 aromatic carbocycles. The van der Waals surface area contributed by atoms with Crippen LogP contribution in [0.5, 0.6) is 5.88 Å². The Bertz CT molecular complexity index is 371. The van der Waals surface area contributed by atoms with Crippen molar-refractivity contribution in [1.29, 1.82) is 0 Å². The van der Waals surface area contributed by atoms with Crippen LogP contribution in [0.2, 0.25) is 0 Å². The average molecular weight is 284 g/mol. The van der Waals surface area contributed by atoms with Gasteiger partial charge in [0.25, 0.3) is 0 Å².